The monoisotopic (exact) mass is 216 g/mol. The molecule has 1 rings (SSSR count). The lowest BCUT2D eigenvalue weighted by Crippen LogP contribution is -2.32. The van der Waals surface area contributed by atoms with E-state index in [9.17, 15) is 9.59 Å². The largest absolute Gasteiger partial charge is 0.481 e. The van der Waals surface area contributed by atoms with Crippen LogP contribution in [0.2, 0.25) is 0 Å². The first-order valence-electron chi connectivity index (χ1n) is 3.71. The summed E-state index contributed by atoms with van der Waals surface area (Å²) in [4.78, 5) is 21.5. The number of aliphatic carboxylic acids is 2. The number of carboxylic acids is 2. The number of aliphatic hydroxyl groups is 1. The van der Waals surface area contributed by atoms with Gasteiger partial charge in [0.15, 0.2) is 6.10 Å². The summed E-state index contributed by atoms with van der Waals surface area (Å²) in [6.45, 7) is 0. The molecule has 0 aliphatic heterocycles. The van der Waals surface area contributed by atoms with Gasteiger partial charge in [-0.2, -0.15) is 0 Å². The van der Waals surface area contributed by atoms with Gasteiger partial charge in [-0.3, -0.25) is 4.79 Å². The van der Waals surface area contributed by atoms with E-state index in [1.165, 1.54) is 6.07 Å². The van der Waals surface area contributed by atoms with Gasteiger partial charge in [0.1, 0.15) is 5.92 Å². The maximum atomic E-state index is 10.7. The van der Waals surface area contributed by atoms with E-state index >= 15 is 0 Å². The molecule has 0 aliphatic carbocycles. The van der Waals surface area contributed by atoms with Gasteiger partial charge in [-0.15, -0.1) is 11.3 Å². The van der Waals surface area contributed by atoms with Crippen LogP contribution in [0.25, 0.3) is 0 Å². The molecule has 6 heteroatoms. The van der Waals surface area contributed by atoms with E-state index in [4.69, 9.17) is 15.3 Å². The van der Waals surface area contributed by atoms with Crippen LogP contribution >= 0.6 is 11.3 Å². The van der Waals surface area contributed by atoms with Crippen molar-refractivity contribution in [3.8, 4) is 0 Å². The van der Waals surface area contributed by atoms with E-state index in [1.807, 2.05) is 0 Å². The summed E-state index contributed by atoms with van der Waals surface area (Å²) in [5.41, 5.74) is 0. The van der Waals surface area contributed by atoms with Gasteiger partial charge in [-0.1, -0.05) is 6.07 Å². The van der Waals surface area contributed by atoms with Gasteiger partial charge in [0.2, 0.25) is 0 Å². The highest BCUT2D eigenvalue weighted by Gasteiger charge is 2.34. The second-order valence-corrected chi connectivity index (χ2v) is 3.59. The number of rotatable bonds is 4. The van der Waals surface area contributed by atoms with E-state index in [-0.39, 0.29) is 0 Å². The third-order valence-electron chi connectivity index (χ3n) is 1.68. The molecule has 0 amide bonds. The second-order valence-electron chi connectivity index (χ2n) is 2.61. The minimum atomic E-state index is -1.91. The van der Waals surface area contributed by atoms with Crippen molar-refractivity contribution in [2.24, 2.45) is 0 Å². The molecule has 2 atom stereocenters. The van der Waals surface area contributed by atoms with E-state index in [1.54, 1.807) is 11.4 Å². The lowest BCUT2D eigenvalue weighted by Gasteiger charge is -2.13. The Morgan fingerprint density at radius 1 is 1.29 bits per heavy atom. The fourth-order valence-corrected chi connectivity index (χ4v) is 1.87. The molecule has 0 bridgehead atoms. The Hall–Kier alpha value is -1.40. The number of hydrogen-bond donors (Lipinski definition) is 3. The van der Waals surface area contributed by atoms with Crippen molar-refractivity contribution in [2.45, 2.75) is 12.0 Å². The van der Waals surface area contributed by atoms with Gasteiger partial charge in [0.25, 0.3) is 0 Å². The molecular formula is C8H8O5S. The van der Waals surface area contributed by atoms with E-state index < -0.39 is 24.0 Å². The third-order valence-corrected chi connectivity index (χ3v) is 2.64. The smallest absolute Gasteiger partial charge is 0.333 e. The summed E-state index contributed by atoms with van der Waals surface area (Å²) in [6.07, 6.45) is -1.91. The van der Waals surface area contributed by atoms with Crippen LogP contribution in [-0.4, -0.2) is 33.4 Å². The maximum Gasteiger partial charge on any atom is 0.333 e. The molecule has 0 spiro atoms. The van der Waals surface area contributed by atoms with Crippen molar-refractivity contribution < 1.29 is 24.9 Å². The molecule has 1 aromatic heterocycles. The van der Waals surface area contributed by atoms with E-state index in [2.05, 4.69) is 0 Å². The number of carbonyl (C=O) groups is 2. The van der Waals surface area contributed by atoms with Crippen LogP contribution in [0.3, 0.4) is 0 Å². The maximum absolute atomic E-state index is 10.7. The van der Waals surface area contributed by atoms with Crippen molar-refractivity contribution in [2.75, 3.05) is 0 Å². The Bertz CT molecular complexity index is 332. The highest BCUT2D eigenvalue weighted by Crippen LogP contribution is 2.24. The second kappa shape index (κ2) is 4.21. The standard InChI is InChI=1S/C8H8O5S/c9-6(8(12)13)5(7(10)11)4-2-1-3-14-4/h1-3,5-6,9H,(H,10,11)(H,12,13). The molecule has 2 unspecified atom stereocenters. The average molecular weight is 216 g/mol. The zero-order chi connectivity index (χ0) is 10.7. The van der Waals surface area contributed by atoms with Crippen molar-refractivity contribution in [1.29, 1.82) is 0 Å². The number of thiophene rings is 1. The van der Waals surface area contributed by atoms with Gasteiger partial charge in [-0.25, -0.2) is 4.79 Å². The van der Waals surface area contributed by atoms with Crippen molar-refractivity contribution >= 4 is 23.3 Å². The predicted molar refractivity (Wildman–Crippen MR) is 48.3 cm³/mol. The molecule has 0 aromatic carbocycles. The Labute approximate surface area is 83.2 Å². The minimum absolute atomic E-state index is 0.326. The van der Waals surface area contributed by atoms with Crippen LogP contribution in [0.4, 0.5) is 0 Å². The number of carboxylic acid groups (broad SMARTS) is 2. The van der Waals surface area contributed by atoms with E-state index in [0.29, 0.717) is 4.88 Å². The molecule has 3 N–H and O–H groups in total. The lowest BCUT2D eigenvalue weighted by atomic mass is 10.0. The van der Waals surface area contributed by atoms with Crippen LogP contribution in [-0.2, 0) is 9.59 Å². The summed E-state index contributed by atoms with van der Waals surface area (Å²) in [6, 6.07) is 3.08. The van der Waals surface area contributed by atoms with Gasteiger partial charge in [0, 0.05) is 4.88 Å². The SMILES string of the molecule is O=C(O)C(O)C(C(=O)O)c1cccs1. The number of hydrogen-bond acceptors (Lipinski definition) is 4. The summed E-state index contributed by atoms with van der Waals surface area (Å²) in [5, 5.41) is 28.0. The molecule has 76 valence electrons. The Morgan fingerprint density at radius 3 is 2.29 bits per heavy atom. The molecule has 1 heterocycles. The summed E-state index contributed by atoms with van der Waals surface area (Å²) in [5.74, 6) is -4.28. The fourth-order valence-electron chi connectivity index (χ4n) is 1.02. The summed E-state index contributed by atoms with van der Waals surface area (Å²) >= 11 is 1.10. The molecule has 0 saturated carbocycles. The molecule has 0 saturated heterocycles. The summed E-state index contributed by atoms with van der Waals surface area (Å²) in [7, 11) is 0. The zero-order valence-electron chi connectivity index (χ0n) is 6.95. The zero-order valence-corrected chi connectivity index (χ0v) is 7.77. The molecule has 1 aromatic rings. The highest BCUT2D eigenvalue weighted by molar-refractivity contribution is 7.10. The lowest BCUT2D eigenvalue weighted by molar-refractivity contribution is -0.155. The van der Waals surface area contributed by atoms with Crippen LogP contribution in [0.5, 0.6) is 0 Å². The Morgan fingerprint density at radius 2 is 1.93 bits per heavy atom. The highest BCUT2D eigenvalue weighted by atomic mass is 32.1. The Balaban J connectivity index is 2.97. The minimum Gasteiger partial charge on any atom is -0.481 e. The van der Waals surface area contributed by atoms with Crippen molar-refractivity contribution in [3.63, 3.8) is 0 Å². The van der Waals surface area contributed by atoms with Gasteiger partial charge >= 0.3 is 11.9 Å². The normalized spacial score (nSPS) is 14.6. The van der Waals surface area contributed by atoms with Crippen molar-refractivity contribution in [1.82, 2.24) is 0 Å². The average Bonchev–Trinajstić information content (AvgIpc) is 2.56. The Kier molecular flexibility index (Phi) is 3.21. The van der Waals surface area contributed by atoms with Crippen LogP contribution in [0, 0.1) is 0 Å². The molecule has 5 nitrogen and oxygen atoms in total. The fraction of sp³-hybridized carbons (Fsp3) is 0.250. The van der Waals surface area contributed by atoms with Crippen LogP contribution in [0.15, 0.2) is 17.5 Å². The third kappa shape index (κ3) is 2.09. The van der Waals surface area contributed by atoms with Gasteiger partial charge in [-0.05, 0) is 11.4 Å². The first-order valence-corrected chi connectivity index (χ1v) is 4.59. The molecule has 0 radical (unpaired) electrons. The number of aliphatic hydroxyl groups excluding tert-OH is 1. The quantitative estimate of drug-likeness (QED) is 0.675. The van der Waals surface area contributed by atoms with E-state index in [0.717, 1.165) is 11.3 Å². The van der Waals surface area contributed by atoms with Crippen LogP contribution in [0.1, 0.15) is 10.8 Å². The molecule has 0 fully saturated rings. The first-order chi connectivity index (χ1) is 6.54. The molecule has 0 aliphatic rings. The molecular weight excluding hydrogens is 208 g/mol. The van der Waals surface area contributed by atoms with Crippen molar-refractivity contribution in [3.05, 3.63) is 22.4 Å². The first kappa shape index (κ1) is 10.7. The predicted octanol–water partition coefficient (Wildman–Crippen LogP) is 0.362. The van der Waals surface area contributed by atoms with Crippen LogP contribution < -0.4 is 0 Å². The molecule has 14 heavy (non-hydrogen) atoms. The van der Waals surface area contributed by atoms with Gasteiger partial charge in [0.05, 0.1) is 0 Å². The van der Waals surface area contributed by atoms with Gasteiger partial charge < -0.3 is 15.3 Å². The topological polar surface area (TPSA) is 94.8 Å². The summed E-state index contributed by atoms with van der Waals surface area (Å²) < 4.78 is 0.